The Morgan fingerprint density at radius 2 is 1.82 bits per heavy atom. The van der Waals surface area contributed by atoms with E-state index >= 15 is 0 Å². The normalized spacial score (nSPS) is 13.9. The fraction of sp³-hybridized carbons (Fsp3) is 0.889. The minimum atomic E-state index is -3.57. The molecule has 0 aliphatic carbocycles. The van der Waals surface area contributed by atoms with Crippen LogP contribution in [0.2, 0.25) is 0 Å². The van der Waals surface area contributed by atoms with Gasteiger partial charge in [-0.05, 0) is 13.8 Å². The Morgan fingerprint density at radius 3 is 2.12 bits per heavy atom. The molecule has 0 aromatic rings. The van der Waals surface area contributed by atoms with Gasteiger partial charge in [0, 0.05) is 19.1 Å². The van der Waals surface area contributed by atoms with E-state index in [0.29, 0.717) is 13.1 Å². The zero-order chi connectivity index (χ0) is 13.6. The summed E-state index contributed by atoms with van der Waals surface area (Å²) in [7, 11) is -3.57. The van der Waals surface area contributed by atoms with Gasteiger partial charge in [0.25, 0.3) is 10.2 Å². The van der Waals surface area contributed by atoms with Crippen LogP contribution in [-0.2, 0) is 10.2 Å². The Labute approximate surface area is 103 Å². The van der Waals surface area contributed by atoms with Gasteiger partial charge in [-0.3, -0.25) is 0 Å². The van der Waals surface area contributed by atoms with Crippen molar-refractivity contribution < 1.29 is 13.6 Å². The summed E-state index contributed by atoms with van der Waals surface area (Å²) in [5.74, 6) is -0.130. The maximum absolute atomic E-state index is 12.2. The Hall–Kier alpha value is -0.860. The Morgan fingerprint density at radius 1 is 1.35 bits per heavy atom. The van der Waals surface area contributed by atoms with Crippen LogP contribution in [0.3, 0.4) is 0 Å². The van der Waals surface area contributed by atoms with E-state index in [1.165, 1.54) is 8.61 Å². The van der Waals surface area contributed by atoms with E-state index < -0.39 is 10.2 Å². The Bertz CT molecular complexity index is 349. The zero-order valence-corrected chi connectivity index (χ0v) is 11.6. The molecular formula is C9H22N4O3S. The summed E-state index contributed by atoms with van der Waals surface area (Å²) in [6.45, 7) is 7.67. The largest absolute Gasteiger partial charge is 0.409 e. The standard InChI is InChI=1S/C9H22N4O3S/c1-5-12(6-2)17(15,16)13(8(3)4)7-9(10)11-14/h8,14H,5-7H2,1-4H3,(H2,10,11). The van der Waals surface area contributed by atoms with Crippen molar-refractivity contribution in [2.24, 2.45) is 10.9 Å². The van der Waals surface area contributed by atoms with E-state index in [4.69, 9.17) is 10.9 Å². The SMILES string of the molecule is CCN(CC)S(=O)(=O)N(CC(N)=NO)C(C)C. The van der Waals surface area contributed by atoms with E-state index in [1.807, 2.05) is 0 Å². The second-order valence-corrected chi connectivity index (χ2v) is 5.70. The number of hydrogen-bond acceptors (Lipinski definition) is 4. The predicted octanol–water partition coefficient (Wildman–Crippen LogP) is 0.0298. The lowest BCUT2D eigenvalue weighted by Gasteiger charge is -2.30. The van der Waals surface area contributed by atoms with Crippen molar-refractivity contribution in [1.82, 2.24) is 8.61 Å². The molecule has 0 aliphatic rings. The molecule has 0 radical (unpaired) electrons. The van der Waals surface area contributed by atoms with Crippen molar-refractivity contribution in [3.05, 3.63) is 0 Å². The minimum absolute atomic E-state index is 0.118. The molecule has 102 valence electrons. The number of amidine groups is 1. The fourth-order valence-electron chi connectivity index (χ4n) is 1.42. The van der Waals surface area contributed by atoms with E-state index in [2.05, 4.69) is 5.16 Å². The molecule has 7 nitrogen and oxygen atoms in total. The molecule has 0 rings (SSSR count). The number of nitrogens with two attached hydrogens (primary N) is 1. The molecule has 0 aromatic carbocycles. The third-order valence-electron chi connectivity index (χ3n) is 2.35. The molecule has 0 aliphatic heterocycles. The summed E-state index contributed by atoms with van der Waals surface area (Å²) in [5.41, 5.74) is 5.37. The summed E-state index contributed by atoms with van der Waals surface area (Å²) >= 11 is 0. The molecule has 0 fully saturated rings. The van der Waals surface area contributed by atoms with Crippen LogP contribution in [0, 0.1) is 0 Å². The third kappa shape index (κ3) is 4.14. The lowest BCUT2D eigenvalue weighted by Crippen LogP contribution is -2.49. The molecule has 3 N–H and O–H groups in total. The van der Waals surface area contributed by atoms with Gasteiger partial charge in [0.2, 0.25) is 0 Å². The van der Waals surface area contributed by atoms with Gasteiger partial charge in [0.1, 0.15) is 0 Å². The zero-order valence-electron chi connectivity index (χ0n) is 10.8. The van der Waals surface area contributed by atoms with Gasteiger partial charge in [-0.1, -0.05) is 19.0 Å². The highest BCUT2D eigenvalue weighted by atomic mass is 32.2. The number of nitrogens with zero attached hydrogens (tertiary/aromatic N) is 3. The first-order valence-corrected chi connectivity index (χ1v) is 6.94. The van der Waals surface area contributed by atoms with Crippen LogP contribution >= 0.6 is 0 Å². The van der Waals surface area contributed by atoms with Gasteiger partial charge in [-0.15, -0.1) is 0 Å². The minimum Gasteiger partial charge on any atom is -0.409 e. The second kappa shape index (κ2) is 6.77. The smallest absolute Gasteiger partial charge is 0.282 e. The topological polar surface area (TPSA) is 99.2 Å². The van der Waals surface area contributed by atoms with Crippen molar-refractivity contribution >= 4 is 16.0 Å². The molecule has 0 aromatic heterocycles. The lowest BCUT2D eigenvalue weighted by atomic mass is 10.4. The number of hydrogen-bond donors (Lipinski definition) is 2. The molecule has 17 heavy (non-hydrogen) atoms. The number of oxime groups is 1. The second-order valence-electron chi connectivity index (χ2n) is 3.82. The molecule has 0 bridgehead atoms. The molecule has 0 heterocycles. The Kier molecular flexibility index (Phi) is 6.43. The van der Waals surface area contributed by atoms with Gasteiger partial charge >= 0.3 is 0 Å². The highest BCUT2D eigenvalue weighted by molar-refractivity contribution is 7.86. The van der Waals surface area contributed by atoms with Crippen LogP contribution in [0.25, 0.3) is 0 Å². The highest BCUT2D eigenvalue weighted by Crippen LogP contribution is 2.11. The maximum atomic E-state index is 12.2. The first-order chi connectivity index (χ1) is 7.81. The van der Waals surface area contributed by atoms with E-state index in [-0.39, 0.29) is 18.4 Å². The average molecular weight is 266 g/mol. The summed E-state index contributed by atoms with van der Waals surface area (Å²) in [6.07, 6.45) is 0. The van der Waals surface area contributed by atoms with Crippen LogP contribution in [0.4, 0.5) is 0 Å². The predicted molar refractivity (Wildman–Crippen MR) is 67.1 cm³/mol. The fourth-order valence-corrected chi connectivity index (χ4v) is 3.20. The van der Waals surface area contributed by atoms with Crippen molar-refractivity contribution in [2.75, 3.05) is 19.6 Å². The van der Waals surface area contributed by atoms with Gasteiger partial charge in [-0.25, -0.2) is 0 Å². The van der Waals surface area contributed by atoms with Crippen LogP contribution in [-0.4, -0.2) is 53.7 Å². The summed E-state index contributed by atoms with van der Waals surface area (Å²) in [4.78, 5) is 0. The van der Waals surface area contributed by atoms with Crippen molar-refractivity contribution in [1.29, 1.82) is 0 Å². The maximum Gasteiger partial charge on any atom is 0.282 e. The average Bonchev–Trinajstić information content (AvgIpc) is 2.25. The van der Waals surface area contributed by atoms with E-state index in [9.17, 15) is 8.42 Å². The van der Waals surface area contributed by atoms with Crippen LogP contribution in [0.1, 0.15) is 27.7 Å². The monoisotopic (exact) mass is 266 g/mol. The van der Waals surface area contributed by atoms with Gasteiger partial charge in [-0.2, -0.15) is 17.0 Å². The molecule has 0 saturated heterocycles. The van der Waals surface area contributed by atoms with E-state index in [0.717, 1.165) is 0 Å². The van der Waals surface area contributed by atoms with Crippen molar-refractivity contribution in [2.45, 2.75) is 33.7 Å². The van der Waals surface area contributed by atoms with Crippen molar-refractivity contribution in [3.8, 4) is 0 Å². The van der Waals surface area contributed by atoms with Crippen molar-refractivity contribution in [3.63, 3.8) is 0 Å². The van der Waals surface area contributed by atoms with Crippen LogP contribution < -0.4 is 5.73 Å². The highest BCUT2D eigenvalue weighted by Gasteiger charge is 2.30. The lowest BCUT2D eigenvalue weighted by molar-refractivity contribution is 0.306. The Balaban J connectivity index is 5.18. The molecule has 0 amide bonds. The number of rotatable bonds is 7. The summed E-state index contributed by atoms with van der Waals surface area (Å²) in [6, 6.07) is -0.263. The summed E-state index contributed by atoms with van der Waals surface area (Å²) < 4.78 is 27.0. The molecule has 8 heteroatoms. The first-order valence-electron chi connectivity index (χ1n) is 5.54. The third-order valence-corrected chi connectivity index (χ3v) is 4.66. The molecule has 0 atom stereocenters. The summed E-state index contributed by atoms with van der Waals surface area (Å²) in [5, 5.41) is 11.3. The van der Waals surface area contributed by atoms with Gasteiger partial charge in [0.05, 0.1) is 6.54 Å². The quantitative estimate of drug-likeness (QED) is 0.294. The molecule has 0 saturated carbocycles. The molecule has 0 spiro atoms. The molecular weight excluding hydrogens is 244 g/mol. The van der Waals surface area contributed by atoms with E-state index in [1.54, 1.807) is 27.7 Å². The van der Waals surface area contributed by atoms with Gasteiger partial charge in [0.15, 0.2) is 5.84 Å². The molecule has 0 unspecified atom stereocenters. The van der Waals surface area contributed by atoms with Crippen LogP contribution in [0.5, 0.6) is 0 Å². The first kappa shape index (κ1) is 16.1. The van der Waals surface area contributed by atoms with Crippen LogP contribution in [0.15, 0.2) is 5.16 Å². The van der Waals surface area contributed by atoms with Gasteiger partial charge < -0.3 is 10.9 Å².